The zero-order valence-electron chi connectivity index (χ0n) is 14.6. The molecule has 1 aromatic carbocycles. The average Bonchev–Trinajstić information content (AvgIpc) is 2.59. The van der Waals surface area contributed by atoms with E-state index in [0.29, 0.717) is 31.7 Å². The second-order valence-corrected chi connectivity index (χ2v) is 9.69. The predicted molar refractivity (Wildman–Crippen MR) is 93.9 cm³/mol. The van der Waals surface area contributed by atoms with Gasteiger partial charge >= 0.3 is 0 Å². The molecule has 8 nitrogen and oxygen atoms in total. The van der Waals surface area contributed by atoms with Crippen LogP contribution in [0.4, 0.5) is 0 Å². The molecule has 1 aromatic rings. The van der Waals surface area contributed by atoms with Crippen LogP contribution in [0.1, 0.15) is 12.8 Å². The van der Waals surface area contributed by atoms with Crippen molar-refractivity contribution in [2.24, 2.45) is 5.92 Å². The van der Waals surface area contributed by atoms with Crippen molar-refractivity contribution in [2.45, 2.75) is 17.7 Å². The molecule has 25 heavy (non-hydrogen) atoms. The fraction of sp³-hybridized carbons (Fsp3) is 0.600. The van der Waals surface area contributed by atoms with Gasteiger partial charge in [0.05, 0.1) is 20.5 Å². The first kappa shape index (κ1) is 20.0. The Hall–Kier alpha value is -1.36. The second-order valence-electron chi connectivity index (χ2n) is 5.97. The molecule has 0 radical (unpaired) electrons. The lowest BCUT2D eigenvalue weighted by Gasteiger charge is -2.30. The monoisotopic (exact) mass is 392 g/mol. The summed E-state index contributed by atoms with van der Waals surface area (Å²) in [6, 6.07) is 4.51. The molecule has 1 N–H and O–H groups in total. The van der Waals surface area contributed by atoms with Gasteiger partial charge in [-0.1, -0.05) is 0 Å². The summed E-state index contributed by atoms with van der Waals surface area (Å²) in [7, 11) is -4.03. The van der Waals surface area contributed by atoms with Crippen LogP contribution in [0.25, 0.3) is 0 Å². The molecule has 0 amide bonds. The molecule has 1 heterocycles. The Morgan fingerprint density at radius 3 is 2.28 bits per heavy atom. The standard InChI is InChI=1S/C15H24N2O6S2/c1-22-13-4-5-15(14(10-13)23-2)25(20,21)16-11-12-6-8-17(9-7-12)24(3,18)19/h4-5,10,12,16H,6-9,11H2,1-3H3. The van der Waals surface area contributed by atoms with Gasteiger partial charge in [0.25, 0.3) is 0 Å². The van der Waals surface area contributed by atoms with E-state index in [9.17, 15) is 16.8 Å². The number of rotatable bonds is 7. The third-order valence-corrected chi connectivity index (χ3v) is 7.03. The third kappa shape index (κ3) is 5.06. The molecule has 1 fully saturated rings. The highest BCUT2D eigenvalue weighted by molar-refractivity contribution is 7.89. The van der Waals surface area contributed by atoms with Crippen molar-refractivity contribution in [2.75, 3.05) is 40.1 Å². The van der Waals surface area contributed by atoms with Crippen LogP contribution in [0.3, 0.4) is 0 Å². The van der Waals surface area contributed by atoms with Crippen LogP contribution in [-0.4, -0.2) is 61.3 Å². The quantitative estimate of drug-likeness (QED) is 0.731. The average molecular weight is 392 g/mol. The number of nitrogens with one attached hydrogen (secondary N) is 1. The summed E-state index contributed by atoms with van der Waals surface area (Å²) in [6.45, 7) is 1.09. The van der Waals surface area contributed by atoms with E-state index >= 15 is 0 Å². The normalized spacial score (nSPS) is 17.4. The molecule has 0 aromatic heterocycles. The number of nitrogens with zero attached hydrogens (tertiary/aromatic N) is 1. The van der Waals surface area contributed by atoms with Gasteiger partial charge in [-0.05, 0) is 30.9 Å². The number of hydrogen-bond acceptors (Lipinski definition) is 6. The minimum absolute atomic E-state index is 0.0457. The van der Waals surface area contributed by atoms with Crippen LogP contribution >= 0.6 is 0 Å². The van der Waals surface area contributed by atoms with Crippen molar-refractivity contribution in [1.82, 2.24) is 9.03 Å². The van der Waals surface area contributed by atoms with Crippen LogP contribution < -0.4 is 14.2 Å². The van der Waals surface area contributed by atoms with Crippen LogP contribution in [0.2, 0.25) is 0 Å². The lowest BCUT2D eigenvalue weighted by Crippen LogP contribution is -2.41. The molecular formula is C15H24N2O6S2. The largest absolute Gasteiger partial charge is 0.497 e. The highest BCUT2D eigenvalue weighted by Gasteiger charge is 2.27. The van der Waals surface area contributed by atoms with Gasteiger partial charge in [0.15, 0.2) is 0 Å². The highest BCUT2D eigenvalue weighted by Crippen LogP contribution is 2.28. The first-order valence-electron chi connectivity index (χ1n) is 7.84. The zero-order valence-corrected chi connectivity index (χ0v) is 16.2. The van der Waals surface area contributed by atoms with Crippen LogP contribution in [0.5, 0.6) is 11.5 Å². The Bertz CT molecular complexity index is 799. The molecule has 0 aliphatic carbocycles. The van der Waals surface area contributed by atoms with Crippen LogP contribution in [-0.2, 0) is 20.0 Å². The smallest absolute Gasteiger partial charge is 0.244 e. The van der Waals surface area contributed by atoms with E-state index in [4.69, 9.17) is 9.47 Å². The molecule has 0 atom stereocenters. The van der Waals surface area contributed by atoms with Crippen molar-refractivity contribution < 1.29 is 26.3 Å². The van der Waals surface area contributed by atoms with Crippen molar-refractivity contribution in [3.05, 3.63) is 18.2 Å². The number of benzene rings is 1. The fourth-order valence-electron chi connectivity index (χ4n) is 2.75. The number of ether oxygens (including phenoxy) is 2. The molecule has 142 valence electrons. The molecule has 1 aliphatic rings. The summed E-state index contributed by atoms with van der Waals surface area (Å²) >= 11 is 0. The highest BCUT2D eigenvalue weighted by atomic mass is 32.2. The van der Waals surface area contributed by atoms with E-state index in [1.165, 1.54) is 36.9 Å². The van der Waals surface area contributed by atoms with Gasteiger partial charge in [0, 0.05) is 25.7 Å². The summed E-state index contributed by atoms with van der Waals surface area (Å²) in [5.41, 5.74) is 0. The lowest BCUT2D eigenvalue weighted by molar-refractivity contribution is 0.275. The number of sulfonamides is 2. The number of piperidine rings is 1. The van der Waals surface area contributed by atoms with Gasteiger partial charge in [-0.2, -0.15) is 0 Å². The first-order chi connectivity index (χ1) is 11.7. The molecule has 1 aliphatic heterocycles. The summed E-state index contributed by atoms with van der Waals surface area (Å²) < 4.78 is 62.3. The van der Waals surface area contributed by atoms with Gasteiger partial charge in [-0.3, -0.25) is 0 Å². The Balaban J connectivity index is 2.01. The number of hydrogen-bond donors (Lipinski definition) is 1. The summed E-state index contributed by atoms with van der Waals surface area (Å²) in [5, 5.41) is 0. The van der Waals surface area contributed by atoms with Crippen LogP contribution in [0, 0.1) is 5.92 Å². The molecule has 0 unspecified atom stereocenters. The predicted octanol–water partition coefficient (Wildman–Crippen LogP) is 0.654. The van der Waals surface area contributed by atoms with Crippen molar-refractivity contribution >= 4 is 20.0 Å². The van der Waals surface area contributed by atoms with Crippen LogP contribution in [0.15, 0.2) is 23.1 Å². The minimum atomic E-state index is -3.73. The minimum Gasteiger partial charge on any atom is -0.497 e. The topological polar surface area (TPSA) is 102 Å². The molecule has 0 spiro atoms. The third-order valence-electron chi connectivity index (χ3n) is 4.26. The lowest BCUT2D eigenvalue weighted by atomic mass is 9.99. The maximum atomic E-state index is 12.5. The van der Waals surface area contributed by atoms with E-state index in [0.717, 1.165) is 0 Å². The number of methoxy groups -OCH3 is 2. The summed E-state index contributed by atoms with van der Waals surface area (Å²) in [4.78, 5) is 0.0457. The SMILES string of the molecule is COc1ccc(S(=O)(=O)NCC2CCN(S(C)(=O)=O)CC2)c(OC)c1. The van der Waals surface area contributed by atoms with E-state index < -0.39 is 20.0 Å². The molecular weight excluding hydrogens is 368 g/mol. The van der Waals surface area contributed by atoms with Crippen molar-refractivity contribution in [3.8, 4) is 11.5 Å². The van der Waals surface area contributed by atoms with E-state index in [2.05, 4.69) is 4.72 Å². The Morgan fingerprint density at radius 2 is 1.76 bits per heavy atom. The Kier molecular flexibility index (Phi) is 6.30. The fourth-order valence-corrected chi connectivity index (χ4v) is 4.89. The molecule has 0 bridgehead atoms. The molecule has 10 heteroatoms. The molecule has 1 saturated heterocycles. The first-order valence-corrected chi connectivity index (χ1v) is 11.2. The van der Waals surface area contributed by atoms with E-state index in [-0.39, 0.29) is 23.1 Å². The Labute approximate surface area is 149 Å². The van der Waals surface area contributed by atoms with Gasteiger partial charge in [-0.25, -0.2) is 25.9 Å². The van der Waals surface area contributed by atoms with E-state index in [1.54, 1.807) is 6.07 Å². The molecule has 0 saturated carbocycles. The summed E-state index contributed by atoms with van der Waals surface area (Å²) in [6.07, 6.45) is 2.43. The van der Waals surface area contributed by atoms with Gasteiger partial charge in [0.1, 0.15) is 16.4 Å². The van der Waals surface area contributed by atoms with E-state index in [1.807, 2.05) is 0 Å². The van der Waals surface area contributed by atoms with Gasteiger partial charge in [-0.15, -0.1) is 0 Å². The summed E-state index contributed by atoms with van der Waals surface area (Å²) in [5.74, 6) is 0.805. The van der Waals surface area contributed by atoms with Crippen molar-refractivity contribution in [3.63, 3.8) is 0 Å². The molecule has 2 rings (SSSR count). The zero-order chi connectivity index (χ0) is 18.7. The second kappa shape index (κ2) is 7.90. The van der Waals surface area contributed by atoms with Gasteiger partial charge < -0.3 is 9.47 Å². The maximum absolute atomic E-state index is 12.5. The Morgan fingerprint density at radius 1 is 1.12 bits per heavy atom. The van der Waals surface area contributed by atoms with Crippen molar-refractivity contribution in [1.29, 1.82) is 0 Å². The van der Waals surface area contributed by atoms with Gasteiger partial charge in [0.2, 0.25) is 20.0 Å². The maximum Gasteiger partial charge on any atom is 0.244 e.